The van der Waals surface area contributed by atoms with Crippen LogP contribution in [0.3, 0.4) is 0 Å². The standard InChI is InChI=1S/C18H22N4O2/c1-12-13(2)19-18(20-15-8-4-3-5-9-15)21-16(12)22-10-6-7-14(11-22)17(23)24/h3-5,8-9,14H,6-7,10-11H2,1-2H3,(H,23,24)(H,19,20,21). The number of nitrogens with one attached hydrogen (secondary N) is 1. The first-order chi connectivity index (χ1) is 11.5. The predicted octanol–water partition coefficient (Wildman–Crippen LogP) is 3.14. The average molecular weight is 326 g/mol. The Bertz CT molecular complexity index is 733. The van der Waals surface area contributed by atoms with Crippen molar-refractivity contribution in [2.45, 2.75) is 26.7 Å². The van der Waals surface area contributed by atoms with Crippen LogP contribution >= 0.6 is 0 Å². The second-order valence-corrected chi connectivity index (χ2v) is 6.20. The van der Waals surface area contributed by atoms with Crippen LogP contribution in [0.1, 0.15) is 24.1 Å². The highest BCUT2D eigenvalue weighted by Crippen LogP contribution is 2.27. The minimum absolute atomic E-state index is 0.334. The van der Waals surface area contributed by atoms with Gasteiger partial charge >= 0.3 is 5.97 Å². The number of anilines is 3. The molecule has 1 saturated heterocycles. The molecule has 3 rings (SSSR count). The van der Waals surface area contributed by atoms with Gasteiger partial charge in [0.15, 0.2) is 0 Å². The molecule has 2 aromatic rings. The fourth-order valence-corrected chi connectivity index (χ4v) is 3.00. The lowest BCUT2D eigenvalue weighted by molar-refractivity contribution is -0.141. The number of aromatic nitrogens is 2. The van der Waals surface area contributed by atoms with E-state index in [0.717, 1.165) is 42.1 Å². The molecular formula is C18H22N4O2. The largest absolute Gasteiger partial charge is 0.481 e. The van der Waals surface area contributed by atoms with Crippen LogP contribution < -0.4 is 10.2 Å². The average Bonchev–Trinajstić information content (AvgIpc) is 2.59. The molecule has 24 heavy (non-hydrogen) atoms. The number of para-hydroxylation sites is 1. The highest BCUT2D eigenvalue weighted by atomic mass is 16.4. The lowest BCUT2D eigenvalue weighted by Gasteiger charge is -2.33. The number of hydrogen-bond donors (Lipinski definition) is 2. The van der Waals surface area contributed by atoms with E-state index in [-0.39, 0.29) is 5.92 Å². The SMILES string of the molecule is Cc1nc(Nc2ccccc2)nc(N2CCCC(C(=O)O)C2)c1C. The summed E-state index contributed by atoms with van der Waals surface area (Å²) < 4.78 is 0. The lowest BCUT2D eigenvalue weighted by atomic mass is 9.98. The smallest absolute Gasteiger partial charge is 0.308 e. The number of rotatable bonds is 4. The molecule has 1 aromatic heterocycles. The maximum Gasteiger partial charge on any atom is 0.308 e. The van der Waals surface area contributed by atoms with E-state index in [2.05, 4.69) is 20.2 Å². The number of aryl methyl sites for hydroxylation is 1. The molecule has 1 aliphatic heterocycles. The molecule has 1 atom stereocenters. The molecule has 0 radical (unpaired) electrons. The van der Waals surface area contributed by atoms with Crippen LogP contribution in [-0.2, 0) is 4.79 Å². The van der Waals surface area contributed by atoms with E-state index in [9.17, 15) is 9.90 Å². The molecule has 0 saturated carbocycles. The zero-order chi connectivity index (χ0) is 17.1. The summed E-state index contributed by atoms with van der Waals surface area (Å²) in [6, 6.07) is 9.77. The summed E-state index contributed by atoms with van der Waals surface area (Å²) in [4.78, 5) is 22.6. The Morgan fingerprint density at radius 2 is 2.00 bits per heavy atom. The van der Waals surface area contributed by atoms with Gasteiger partial charge in [0.1, 0.15) is 5.82 Å². The molecule has 2 heterocycles. The first kappa shape index (κ1) is 16.2. The third kappa shape index (κ3) is 3.48. The molecule has 2 N–H and O–H groups in total. The van der Waals surface area contributed by atoms with Gasteiger partial charge in [-0.3, -0.25) is 4.79 Å². The van der Waals surface area contributed by atoms with Crippen molar-refractivity contribution < 1.29 is 9.90 Å². The molecule has 0 amide bonds. The van der Waals surface area contributed by atoms with Crippen LogP contribution in [0, 0.1) is 19.8 Å². The van der Waals surface area contributed by atoms with Crippen LogP contribution in [0.5, 0.6) is 0 Å². The van der Waals surface area contributed by atoms with E-state index in [0.29, 0.717) is 12.5 Å². The minimum atomic E-state index is -0.731. The maximum absolute atomic E-state index is 11.3. The molecule has 1 unspecified atom stereocenters. The van der Waals surface area contributed by atoms with Crippen molar-refractivity contribution in [1.82, 2.24) is 9.97 Å². The van der Waals surface area contributed by atoms with E-state index < -0.39 is 5.97 Å². The number of carboxylic acids is 1. The summed E-state index contributed by atoms with van der Waals surface area (Å²) in [5, 5.41) is 12.5. The Balaban J connectivity index is 1.88. The lowest BCUT2D eigenvalue weighted by Crippen LogP contribution is -2.39. The highest BCUT2D eigenvalue weighted by Gasteiger charge is 2.27. The van der Waals surface area contributed by atoms with Crippen molar-refractivity contribution in [2.24, 2.45) is 5.92 Å². The third-order valence-electron chi connectivity index (χ3n) is 4.46. The Morgan fingerprint density at radius 3 is 2.71 bits per heavy atom. The molecule has 1 aliphatic rings. The topological polar surface area (TPSA) is 78.4 Å². The van der Waals surface area contributed by atoms with Crippen molar-refractivity contribution in [3.05, 3.63) is 41.6 Å². The van der Waals surface area contributed by atoms with Crippen LogP contribution in [0.25, 0.3) is 0 Å². The number of aliphatic carboxylic acids is 1. The molecule has 6 nitrogen and oxygen atoms in total. The number of hydrogen-bond acceptors (Lipinski definition) is 5. The van der Waals surface area contributed by atoms with E-state index >= 15 is 0 Å². The van der Waals surface area contributed by atoms with E-state index in [1.54, 1.807) is 0 Å². The summed E-state index contributed by atoms with van der Waals surface area (Å²) in [7, 11) is 0. The van der Waals surface area contributed by atoms with Crippen molar-refractivity contribution in [2.75, 3.05) is 23.3 Å². The van der Waals surface area contributed by atoms with Gasteiger partial charge in [-0.15, -0.1) is 0 Å². The predicted molar refractivity (Wildman–Crippen MR) is 93.8 cm³/mol. The van der Waals surface area contributed by atoms with Crippen LogP contribution in [0.4, 0.5) is 17.5 Å². The van der Waals surface area contributed by atoms with Crippen LogP contribution in [-0.4, -0.2) is 34.1 Å². The number of nitrogens with zero attached hydrogens (tertiary/aromatic N) is 3. The van der Waals surface area contributed by atoms with Crippen LogP contribution in [0.2, 0.25) is 0 Å². The van der Waals surface area contributed by atoms with Gasteiger partial charge in [-0.1, -0.05) is 18.2 Å². The van der Waals surface area contributed by atoms with Crippen LogP contribution in [0.15, 0.2) is 30.3 Å². The van der Waals surface area contributed by atoms with Crippen molar-refractivity contribution in [3.8, 4) is 0 Å². The highest BCUT2D eigenvalue weighted by molar-refractivity contribution is 5.71. The second kappa shape index (κ2) is 6.86. The molecule has 1 fully saturated rings. The fourth-order valence-electron chi connectivity index (χ4n) is 3.00. The maximum atomic E-state index is 11.3. The summed E-state index contributed by atoms with van der Waals surface area (Å²) in [5.74, 6) is 0.299. The van der Waals surface area contributed by atoms with Crippen molar-refractivity contribution in [3.63, 3.8) is 0 Å². The van der Waals surface area contributed by atoms with Gasteiger partial charge in [0, 0.05) is 30.0 Å². The minimum Gasteiger partial charge on any atom is -0.481 e. The van der Waals surface area contributed by atoms with E-state index in [1.165, 1.54) is 0 Å². The summed E-state index contributed by atoms with van der Waals surface area (Å²) in [6.07, 6.45) is 1.59. The molecule has 0 bridgehead atoms. The first-order valence-electron chi connectivity index (χ1n) is 8.19. The Hall–Kier alpha value is -2.63. The van der Waals surface area contributed by atoms with Gasteiger partial charge in [-0.2, -0.15) is 4.98 Å². The molecule has 0 spiro atoms. The van der Waals surface area contributed by atoms with E-state index in [4.69, 9.17) is 0 Å². The molecular weight excluding hydrogens is 304 g/mol. The number of carboxylic acid groups (broad SMARTS) is 1. The monoisotopic (exact) mass is 326 g/mol. The molecule has 0 aliphatic carbocycles. The number of piperidine rings is 1. The first-order valence-corrected chi connectivity index (χ1v) is 8.19. The van der Waals surface area contributed by atoms with Gasteiger partial charge in [0.2, 0.25) is 5.95 Å². The third-order valence-corrected chi connectivity index (χ3v) is 4.46. The van der Waals surface area contributed by atoms with Gasteiger partial charge < -0.3 is 15.3 Å². The molecule has 1 aromatic carbocycles. The number of carbonyl (C=O) groups is 1. The number of benzene rings is 1. The Labute approximate surface area is 141 Å². The Kier molecular flexibility index (Phi) is 4.64. The quantitative estimate of drug-likeness (QED) is 0.899. The molecule has 6 heteroatoms. The van der Waals surface area contributed by atoms with Gasteiger partial charge in [0.05, 0.1) is 5.92 Å². The van der Waals surface area contributed by atoms with Gasteiger partial charge in [0.25, 0.3) is 0 Å². The van der Waals surface area contributed by atoms with Gasteiger partial charge in [-0.05, 0) is 38.8 Å². The fraction of sp³-hybridized carbons (Fsp3) is 0.389. The van der Waals surface area contributed by atoms with Crippen molar-refractivity contribution in [1.29, 1.82) is 0 Å². The van der Waals surface area contributed by atoms with E-state index in [1.807, 2.05) is 44.2 Å². The normalized spacial score (nSPS) is 17.6. The van der Waals surface area contributed by atoms with Gasteiger partial charge in [-0.25, -0.2) is 4.98 Å². The summed E-state index contributed by atoms with van der Waals surface area (Å²) in [6.45, 7) is 5.26. The zero-order valence-electron chi connectivity index (χ0n) is 14.0. The second-order valence-electron chi connectivity index (χ2n) is 6.20. The van der Waals surface area contributed by atoms with Crippen molar-refractivity contribution >= 4 is 23.4 Å². The summed E-state index contributed by atoms with van der Waals surface area (Å²) in [5.41, 5.74) is 2.82. The Morgan fingerprint density at radius 1 is 1.25 bits per heavy atom. The zero-order valence-corrected chi connectivity index (χ0v) is 14.0. The summed E-state index contributed by atoms with van der Waals surface area (Å²) >= 11 is 0. The molecule has 126 valence electrons.